The van der Waals surface area contributed by atoms with E-state index in [-0.39, 0.29) is 11.4 Å². The van der Waals surface area contributed by atoms with Gasteiger partial charge in [0.15, 0.2) is 0 Å². The number of sulfonamides is 1. The van der Waals surface area contributed by atoms with Gasteiger partial charge >= 0.3 is 0 Å². The van der Waals surface area contributed by atoms with Gasteiger partial charge in [-0.15, -0.1) is 0 Å². The first-order valence-corrected chi connectivity index (χ1v) is 10.7. The van der Waals surface area contributed by atoms with Gasteiger partial charge < -0.3 is 5.32 Å². The van der Waals surface area contributed by atoms with Gasteiger partial charge in [0.05, 0.1) is 22.1 Å². The number of nitrogens with one attached hydrogen (secondary N) is 2. The number of amides is 1. The molecule has 29 heavy (non-hydrogen) atoms. The van der Waals surface area contributed by atoms with E-state index in [0.717, 1.165) is 12.8 Å². The maximum Gasteiger partial charge on any atom is 0.269 e. The van der Waals surface area contributed by atoms with Gasteiger partial charge in [-0.25, -0.2) is 18.1 Å². The van der Waals surface area contributed by atoms with Crippen molar-refractivity contribution in [1.29, 1.82) is 0 Å². The topological polar surface area (TPSA) is 110 Å². The molecule has 0 spiro atoms. The highest BCUT2D eigenvalue weighted by Gasteiger charge is 2.15. The molecule has 1 amide bonds. The molecule has 152 valence electrons. The van der Waals surface area contributed by atoms with Crippen molar-refractivity contribution >= 4 is 32.7 Å². The third kappa shape index (κ3) is 5.07. The van der Waals surface area contributed by atoms with E-state index in [4.69, 9.17) is 0 Å². The average molecular weight is 414 g/mol. The van der Waals surface area contributed by atoms with E-state index < -0.39 is 21.5 Å². The second kappa shape index (κ2) is 8.97. The van der Waals surface area contributed by atoms with Gasteiger partial charge in [0.1, 0.15) is 6.54 Å². The van der Waals surface area contributed by atoms with Crippen molar-refractivity contribution in [2.24, 2.45) is 0 Å². The normalized spacial score (nSPS) is 11.5. The highest BCUT2D eigenvalue weighted by atomic mass is 32.2. The fourth-order valence-corrected chi connectivity index (χ4v) is 3.95. The number of fused-ring (bicyclic) bond motifs is 1. The predicted molar refractivity (Wildman–Crippen MR) is 111 cm³/mol. The zero-order valence-electron chi connectivity index (χ0n) is 16.0. The molecule has 1 heterocycles. The van der Waals surface area contributed by atoms with Crippen LogP contribution in [-0.4, -0.2) is 30.4 Å². The van der Waals surface area contributed by atoms with Crippen LogP contribution in [0.2, 0.25) is 0 Å². The number of carbonyl (C=O) groups excluding carboxylic acids is 1. The molecular formula is C20H22N4O4S. The second-order valence-electron chi connectivity index (χ2n) is 6.50. The van der Waals surface area contributed by atoms with Gasteiger partial charge in [-0.1, -0.05) is 31.5 Å². The molecule has 0 saturated carbocycles. The highest BCUT2D eigenvalue weighted by Crippen LogP contribution is 2.16. The lowest BCUT2D eigenvalue weighted by Gasteiger charge is -2.11. The van der Waals surface area contributed by atoms with Gasteiger partial charge in [-0.2, -0.15) is 0 Å². The quantitative estimate of drug-likeness (QED) is 0.549. The van der Waals surface area contributed by atoms with Crippen LogP contribution in [0, 0.1) is 0 Å². The summed E-state index contributed by atoms with van der Waals surface area (Å²) in [6, 6.07) is 13.0. The van der Waals surface area contributed by atoms with Crippen molar-refractivity contribution in [3.63, 3.8) is 0 Å². The lowest BCUT2D eigenvalue weighted by atomic mass is 10.3. The Morgan fingerprint density at radius 2 is 1.93 bits per heavy atom. The number of nitrogens with zero attached hydrogens (tertiary/aromatic N) is 2. The SMILES string of the molecule is CCCCNS(=O)(=O)c1cccc(NC(=O)Cn2c(=O)cnc3ccccc32)c1. The zero-order chi connectivity index (χ0) is 20.9. The van der Waals surface area contributed by atoms with Crippen LogP contribution in [0.15, 0.2) is 64.4 Å². The fourth-order valence-electron chi connectivity index (χ4n) is 2.83. The summed E-state index contributed by atoms with van der Waals surface area (Å²) in [4.78, 5) is 28.8. The second-order valence-corrected chi connectivity index (χ2v) is 8.27. The molecule has 0 atom stereocenters. The molecule has 0 aliphatic rings. The van der Waals surface area contributed by atoms with Crippen LogP contribution in [0.5, 0.6) is 0 Å². The van der Waals surface area contributed by atoms with Gasteiger partial charge in [0.25, 0.3) is 5.56 Å². The molecule has 0 aliphatic heterocycles. The minimum Gasteiger partial charge on any atom is -0.324 e. The number of hydrogen-bond donors (Lipinski definition) is 2. The number of carbonyl (C=O) groups is 1. The van der Waals surface area contributed by atoms with E-state index in [1.165, 1.54) is 22.9 Å². The number of para-hydroxylation sites is 2. The number of anilines is 1. The Hall–Kier alpha value is -3.04. The Bertz CT molecular complexity index is 1190. The monoisotopic (exact) mass is 414 g/mol. The molecule has 1 aromatic heterocycles. The van der Waals surface area contributed by atoms with Crippen molar-refractivity contribution in [3.05, 3.63) is 65.1 Å². The lowest BCUT2D eigenvalue weighted by Crippen LogP contribution is -2.28. The smallest absolute Gasteiger partial charge is 0.269 e. The number of rotatable bonds is 8. The third-order valence-corrected chi connectivity index (χ3v) is 5.76. The lowest BCUT2D eigenvalue weighted by molar-refractivity contribution is -0.116. The molecule has 8 nitrogen and oxygen atoms in total. The van der Waals surface area contributed by atoms with E-state index >= 15 is 0 Å². The molecule has 0 bridgehead atoms. The van der Waals surface area contributed by atoms with Crippen LogP contribution in [0.25, 0.3) is 11.0 Å². The summed E-state index contributed by atoms with van der Waals surface area (Å²) in [7, 11) is -3.65. The van der Waals surface area contributed by atoms with Crippen LogP contribution in [-0.2, 0) is 21.4 Å². The molecule has 0 aliphatic carbocycles. The molecule has 2 aromatic carbocycles. The van der Waals surface area contributed by atoms with E-state index in [9.17, 15) is 18.0 Å². The van der Waals surface area contributed by atoms with Gasteiger partial charge in [0.2, 0.25) is 15.9 Å². The van der Waals surface area contributed by atoms with Crippen LogP contribution in [0.3, 0.4) is 0 Å². The van der Waals surface area contributed by atoms with Crippen LogP contribution < -0.4 is 15.6 Å². The van der Waals surface area contributed by atoms with E-state index in [1.807, 2.05) is 6.92 Å². The Balaban J connectivity index is 1.77. The zero-order valence-corrected chi connectivity index (χ0v) is 16.8. The first-order chi connectivity index (χ1) is 13.9. The van der Waals surface area contributed by atoms with Crippen molar-refractivity contribution in [1.82, 2.24) is 14.3 Å². The number of aromatic nitrogens is 2. The van der Waals surface area contributed by atoms with Gasteiger partial charge in [-0.05, 0) is 36.8 Å². The predicted octanol–water partition coefficient (Wildman–Crippen LogP) is 2.11. The minimum atomic E-state index is -3.65. The first kappa shape index (κ1) is 20.7. The van der Waals surface area contributed by atoms with E-state index in [0.29, 0.717) is 23.3 Å². The molecule has 0 saturated heterocycles. The summed E-state index contributed by atoms with van der Waals surface area (Å²) in [6.45, 7) is 2.11. The molecule has 9 heteroatoms. The maximum atomic E-state index is 12.5. The Morgan fingerprint density at radius 3 is 2.72 bits per heavy atom. The number of benzene rings is 2. The standard InChI is InChI=1S/C20H22N4O4S/c1-2-3-11-22-29(27,28)16-8-6-7-15(12-16)23-19(25)14-24-18-10-5-4-9-17(18)21-13-20(24)26/h4-10,12-13,22H,2-3,11,14H2,1H3,(H,23,25). The average Bonchev–Trinajstić information content (AvgIpc) is 2.70. The van der Waals surface area contributed by atoms with Crippen molar-refractivity contribution in [3.8, 4) is 0 Å². The summed E-state index contributed by atoms with van der Waals surface area (Å²) in [5, 5.41) is 2.65. The fraction of sp³-hybridized carbons (Fsp3) is 0.250. The van der Waals surface area contributed by atoms with Crippen molar-refractivity contribution < 1.29 is 13.2 Å². The highest BCUT2D eigenvalue weighted by molar-refractivity contribution is 7.89. The largest absolute Gasteiger partial charge is 0.324 e. The number of hydrogen-bond acceptors (Lipinski definition) is 5. The molecule has 0 unspecified atom stereocenters. The Kier molecular flexibility index (Phi) is 6.40. The molecule has 0 fully saturated rings. The van der Waals surface area contributed by atoms with Crippen LogP contribution in [0.4, 0.5) is 5.69 Å². The van der Waals surface area contributed by atoms with Crippen LogP contribution in [0.1, 0.15) is 19.8 Å². The summed E-state index contributed by atoms with van der Waals surface area (Å²) in [5.74, 6) is -0.447. The molecule has 0 radical (unpaired) electrons. The molecular weight excluding hydrogens is 392 g/mol. The molecule has 2 N–H and O–H groups in total. The molecule has 3 rings (SSSR count). The maximum absolute atomic E-state index is 12.5. The minimum absolute atomic E-state index is 0.0675. The van der Waals surface area contributed by atoms with Gasteiger partial charge in [0, 0.05) is 12.2 Å². The Labute approximate surface area is 168 Å². The van der Waals surface area contributed by atoms with Gasteiger partial charge in [-0.3, -0.25) is 14.2 Å². The van der Waals surface area contributed by atoms with E-state index in [2.05, 4.69) is 15.0 Å². The summed E-state index contributed by atoms with van der Waals surface area (Å²) in [6.07, 6.45) is 2.79. The Morgan fingerprint density at radius 1 is 1.14 bits per heavy atom. The van der Waals surface area contributed by atoms with Crippen molar-refractivity contribution in [2.75, 3.05) is 11.9 Å². The van der Waals surface area contributed by atoms with Crippen molar-refractivity contribution in [2.45, 2.75) is 31.2 Å². The summed E-state index contributed by atoms with van der Waals surface area (Å²) in [5.41, 5.74) is 1.09. The summed E-state index contributed by atoms with van der Waals surface area (Å²) < 4.78 is 28.6. The number of unbranched alkanes of at least 4 members (excludes halogenated alkanes) is 1. The third-order valence-electron chi connectivity index (χ3n) is 4.30. The summed E-state index contributed by atoms with van der Waals surface area (Å²) >= 11 is 0. The molecule has 3 aromatic rings. The van der Waals surface area contributed by atoms with Crippen LogP contribution >= 0.6 is 0 Å². The first-order valence-electron chi connectivity index (χ1n) is 9.25. The van der Waals surface area contributed by atoms with E-state index in [1.54, 1.807) is 36.4 Å².